The van der Waals surface area contributed by atoms with Crippen molar-refractivity contribution >= 4 is 5.91 Å². The van der Waals surface area contributed by atoms with Crippen molar-refractivity contribution < 1.29 is 14.3 Å². The number of amides is 1. The molecule has 1 aliphatic carbocycles. The van der Waals surface area contributed by atoms with E-state index in [0.717, 1.165) is 30.9 Å². The van der Waals surface area contributed by atoms with Crippen molar-refractivity contribution in [1.29, 1.82) is 0 Å². The predicted octanol–water partition coefficient (Wildman–Crippen LogP) is 3.36. The Morgan fingerprint density at radius 1 is 1.26 bits per heavy atom. The number of ether oxygens (including phenoxy) is 2. The molecule has 2 aliphatic heterocycles. The van der Waals surface area contributed by atoms with Crippen LogP contribution in [0, 0.1) is 0 Å². The summed E-state index contributed by atoms with van der Waals surface area (Å²) < 4.78 is 11.6. The van der Waals surface area contributed by atoms with E-state index in [-0.39, 0.29) is 17.4 Å². The van der Waals surface area contributed by atoms with E-state index in [1.165, 1.54) is 30.0 Å². The molecule has 4 nitrogen and oxygen atoms in total. The fourth-order valence-corrected chi connectivity index (χ4v) is 4.49. The number of nitrogens with zero attached hydrogens (tertiary/aromatic N) is 1. The molecule has 2 heterocycles. The van der Waals surface area contributed by atoms with Gasteiger partial charge in [0.2, 0.25) is 5.91 Å². The van der Waals surface area contributed by atoms with E-state index in [4.69, 9.17) is 9.47 Å². The molecule has 3 aliphatic rings. The zero-order chi connectivity index (χ0) is 16.0. The van der Waals surface area contributed by atoms with Gasteiger partial charge in [0.25, 0.3) is 0 Å². The zero-order valence-electron chi connectivity index (χ0n) is 13.6. The molecule has 0 bridgehead atoms. The average Bonchev–Trinajstić information content (AvgIpc) is 3.06. The first-order chi connectivity index (χ1) is 11.1. The van der Waals surface area contributed by atoms with Gasteiger partial charge in [-0.3, -0.25) is 4.79 Å². The van der Waals surface area contributed by atoms with E-state index in [1.54, 1.807) is 0 Å². The molecule has 23 heavy (non-hydrogen) atoms. The topological polar surface area (TPSA) is 38.8 Å². The third-order valence-corrected chi connectivity index (χ3v) is 5.69. The van der Waals surface area contributed by atoms with Crippen LogP contribution in [0.15, 0.2) is 24.8 Å². The number of benzene rings is 1. The highest BCUT2D eigenvalue weighted by molar-refractivity contribution is 5.88. The summed E-state index contributed by atoms with van der Waals surface area (Å²) in [6, 6.07) is 4.32. The molecule has 0 unspecified atom stereocenters. The minimum Gasteiger partial charge on any atom is -0.486 e. The molecule has 1 amide bonds. The average molecular weight is 313 g/mol. The molecule has 4 heteroatoms. The third-order valence-electron chi connectivity index (χ3n) is 5.69. The Kier molecular flexibility index (Phi) is 3.36. The second-order valence-corrected chi connectivity index (χ2v) is 6.92. The van der Waals surface area contributed by atoms with E-state index in [9.17, 15) is 4.79 Å². The van der Waals surface area contributed by atoms with E-state index in [1.807, 2.05) is 4.90 Å². The summed E-state index contributed by atoms with van der Waals surface area (Å²) >= 11 is 0. The highest BCUT2D eigenvalue weighted by atomic mass is 16.6. The first-order valence-electron chi connectivity index (χ1n) is 8.52. The number of carbonyl (C=O) groups excluding carboxylic acids is 1. The molecular weight excluding hydrogens is 290 g/mol. The molecule has 1 spiro atoms. The maximum Gasteiger partial charge on any atom is 0.246 e. The molecule has 0 aromatic heterocycles. The Labute approximate surface area is 137 Å². The van der Waals surface area contributed by atoms with Gasteiger partial charge in [-0.05, 0) is 49.1 Å². The lowest BCUT2D eigenvalue weighted by atomic mass is 9.71. The van der Waals surface area contributed by atoms with Gasteiger partial charge >= 0.3 is 0 Å². The zero-order valence-corrected chi connectivity index (χ0v) is 13.6. The lowest BCUT2D eigenvalue weighted by Gasteiger charge is -2.46. The van der Waals surface area contributed by atoms with Crippen LogP contribution in [0.3, 0.4) is 0 Å². The van der Waals surface area contributed by atoms with Crippen molar-refractivity contribution in [2.75, 3.05) is 19.8 Å². The van der Waals surface area contributed by atoms with Crippen LogP contribution in [0.25, 0.3) is 0 Å². The summed E-state index contributed by atoms with van der Waals surface area (Å²) in [5, 5.41) is 0. The SMILES string of the molecule is C=CC(=O)N1CC2(CCCC2)c2cc3c(cc2[C@H]1C)OCCO3. The first kappa shape index (κ1) is 14.6. The maximum atomic E-state index is 12.4. The van der Waals surface area contributed by atoms with Crippen molar-refractivity contribution in [2.45, 2.75) is 44.1 Å². The summed E-state index contributed by atoms with van der Waals surface area (Å²) in [6.07, 6.45) is 6.14. The van der Waals surface area contributed by atoms with Crippen LogP contribution >= 0.6 is 0 Å². The number of fused-ring (bicyclic) bond motifs is 3. The molecule has 0 N–H and O–H groups in total. The smallest absolute Gasteiger partial charge is 0.246 e. The van der Waals surface area contributed by atoms with Gasteiger partial charge in [-0.1, -0.05) is 19.4 Å². The molecule has 4 rings (SSSR count). The Bertz CT molecular complexity index is 661. The Hall–Kier alpha value is -1.97. The standard InChI is InChI=1S/C19H23NO3/c1-3-18(21)20-12-19(6-4-5-7-19)15-11-17-16(22-8-9-23-17)10-14(15)13(20)2/h3,10-11,13H,1,4-9,12H2,2H3/t13-/m1/s1. The number of rotatable bonds is 1. The van der Waals surface area contributed by atoms with Crippen LogP contribution in [-0.4, -0.2) is 30.6 Å². The molecule has 1 aromatic rings. The van der Waals surface area contributed by atoms with Crippen LogP contribution in [0.1, 0.15) is 49.8 Å². The van der Waals surface area contributed by atoms with Crippen LogP contribution in [-0.2, 0) is 10.2 Å². The first-order valence-corrected chi connectivity index (χ1v) is 8.52. The third kappa shape index (κ3) is 2.15. The van der Waals surface area contributed by atoms with Crippen LogP contribution in [0.2, 0.25) is 0 Å². The summed E-state index contributed by atoms with van der Waals surface area (Å²) in [7, 11) is 0. The summed E-state index contributed by atoms with van der Waals surface area (Å²) in [4.78, 5) is 14.3. The van der Waals surface area contributed by atoms with Crippen molar-refractivity contribution in [3.63, 3.8) is 0 Å². The predicted molar refractivity (Wildman–Crippen MR) is 87.9 cm³/mol. The molecule has 122 valence electrons. The second kappa shape index (κ2) is 5.29. The Morgan fingerprint density at radius 2 is 1.91 bits per heavy atom. The maximum absolute atomic E-state index is 12.4. The lowest BCUT2D eigenvalue weighted by Crippen LogP contribution is -2.48. The van der Waals surface area contributed by atoms with Gasteiger partial charge in [-0.25, -0.2) is 0 Å². The molecule has 1 saturated carbocycles. The van der Waals surface area contributed by atoms with E-state index < -0.39 is 0 Å². The normalized spacial score (nSPS) is 24.4. The Morgan fingerprint density at radius 3 is 2.57 bits per heavy atom. The summed E-state index contributed by atoms with van der Waals surface area (Å²) in [5.74, 6) is 1.68. The quantitative estimate of drug-likeness (QED) is 0.746. The highest BCUT2D eigenvalue weighted by Crippen LogP contribution is 2.51. The van der Waals surface area contributed by atoms with Gasteiger partial charge in [-0.15, -0.1) is 0 Å². The fraction of sp³-hybridized carbons (Fsp3) is 0.526. The molecule has 1 fully saturated rings. The van der Waals surface area contributed by atoms with Crippen molar-refractivity contribution in [2.24, 2.45) is 0 Å². The van der Waals surface area contributed by atoms with Gasteiger partial charge in [0.05, 0.1) is 6.04 Å². The van der Waals surface area contributed by atoms with Crippen LogP contribution in [0.4, 0.5) is 0 Å². The molecule has 1 atom stereocenters. The monoisotopic (exact) mass is 313 g/mol. The number of hydrogen-bond acceptors (Lipinski definition) is 3. The fourth-order valence-electron chi connectivity index (χ4n) is 4.49. The number of carbonyl (C=O) groups is 1. The van der Waals surface area contributed by atoms with Gasteiger partial charge in [-0.2, -0.15) is 0 Å². The van der Waals surface area contributed by atoms with Crippen molar-refractivity contribution in [1.82, 2.24) is 4.90 Å². The Balaban J connectivity index is 1.87. The summed E-state index contributed by atoms with van der Waals surface area (Å²) in [5.41, 5.74) is 2.63. The minimum absolute atomic E-state index is 0.0179. The van der Waals surface area contributed by atoms with Gasteiger partial charge in [0, 0.05) is 12.0 Å². The molecular formula is C19H23NO3. The van der Waals surface area contributed by atoms with Crippen LogP contribution < -0.4 is 9.47 Å². The van der Waals surface area contributed by atoms with E-state index in [2.05, 4.69) is 25.6 Å². The highest BCUT2D eigenvalue weighted by Gasteiger charge is 2.45. The van der Waals surface area contributed by atoms with E-state index >= 15 is 0 Å². The van der Waals surface area contributed by atoms with Crippen molar-refractivity contribution in [3.8, 4) is 11.5 Å². The minimum atomic E-state index is 0.0179. The molecule has 0 radical (unpaired) electrons. The number of hydrogen-bond donors (Lipinski definition) is 0. The second-order valence-electron chi connectivity index (χ2n) is 6.92. The van der Waals surface area contributed by atoms with E-state index in [0.29, 0.717) is 13.2 Å². The van der Waals surface area contributed by atoms with Gasteiger partial charge < -0.3 is 14.4 Å². The lowest BCUT2D eigenvalue weighted by molar-refractivity contribution is -0.129. The van der Waals surface area contributed by atoms with Crippen LogP contribution in [0.5, 0.6) is 11.5 Å². The molecule has 0 saturated heterocycles. The molecule has 1 aromatic carbocycles. The largest absolute Gasteiger partial charge is 0.486 e. The summed E-state index contributed by atoms with van der Waals surface area (Å²) in [6.45, 7) is 7.74. The van der Waals surface area contributed by atoms with Gasteiger partial charge in [0.15, 0.2) is 11.5 Å². The van der Waals surface area contributed by atoms with Gasteiger partial charge in [0.1, 0.15) is 13.2 Å². The van der Waals surface area contributed by atoms with Crippen molar-refractivity contribution in [3.05, 3.63) is 35.9 Å².